The molecule has 1 unspecified atom stereocenters. The van der Waals surface area contributed by atoms with Crippen LogP contribution in [0.15, 0.2) is 24.4 Å². The Bertz CT molecular complexity index is 667. The van der Waals surface area contributed by atoms with Crippen molar-refractivity contribution in [3.05, 3.63) is 44.9 Å². The van der Waals surface area contributed by atoms with Gasteiger partial charge in [0.15, 0.2) is 0 Å². The quantitative estimate of drug-likeness (QED) is 0.858. The molecule has 6 heteroatoms. The summed E-state index contributed by atoms with van der Waals surface area (Å²) in [4.78, 5) is 5.72. The molecule has 3 nitrogen and oxygen atoms in total. The topological polar surface area (TPSA) is 42.0 Å². The summed E-state index contributed by atoms with van der Waals surface area (Å²) in [7, 11) is -0.890. The van der Waals surface area contributed by atoms with Crippen LogP contribution in [0, 0.1) is 0 Å². The van der Waals surface area contributed by atoms with E-state index >= 15 is 0 Å². The van der Waals surface area contributed by atoms with Gasteiger partial charge in [0.25, 0.3) is 0 Å². The number of nitrogens with one attached hydrogen (secondary N) is 1. The van der Waals surface area contributed by atoms with Gasteiger partial charge in [-0.3, -0.25) is 4.21 Å². The van der Waals surface area contributed by atoms with Gasteiger partial charge in [0.05, 0.1) is 11.6 Å². The number of aromatic nitrogens is 1. The first-order valence-electron chi connectivity index (χ1n) is 6.89. The first-order chi connectivity index (χ1) is 10.1. The minimum atomic E-state index is -0.890. The maximum atomic E-state index is 11.4. The van der Waals surface area contributed by atoms with Crippen LogP contribution >= 0.6 is 22.9 Å². The summed E-state index contributed by atoms with van der Waals surface area (Å²) in [6.45, 7) is 0.765. The van der Waals surface area contributed by atoms with Gasteiger partial charge in [0, 0.05) is 50.5 Å². The van der Waals surface area contributed by atoms with Crippen molar-refractivity contribution in [3.63, 3.8) is 0 Å². The van der Waals surface area contributed by atoms with Crippen molar-refractivity contribution in [1.82, 2.24) is 4.98 Å². The number of hydrogen-bond acceptors (Lipinski definition) is 4. The second-order valence-electron chi connectivity index (χ2n) is 5.32. The minimum Gasteiger partial charge on any atom is -0.380 e. The predicted octanol–water partition coefficient (Wildman–Crippen LogP) is 4.16. The molecule has 1 aliphatic carbocycles. The average molecular weight is 341 g/mol. The summed E-state index contributed by atoms with van der Waals surface area (Å²) < 4.78 is 11.4. The highest BCUT2D eigenvalue weighted by molar-refractivity contribution is 7.83. The van der Waals surface area contributed by atoms with E-state index in [4.69, 9.17) is 11.6 Å². The summed E-state index contributed by atoms with van der Waals surface area (Å²) >= 11 is 7.92. The molecule has 21 heavy (non-hydrogen) atoms. The Kier molecular flexibility index (Phi) is 4.62. The largest absolute Gasteiger partial charge is 0.380 e. The van der Waals surface area contributed by atoms with Gasteiger partial charge in [0.1, 0.15) is 0 Å². The SMILES string of the molecule is CS(=O)Cc1cc(NCc2cnc(C3CC3)s2)ccc1Cl. The van der Waals surface area contributed by atoms with Crippen molar-refractivity contribution < 1.29 is 4.21 Å². The predicted molar refractivity (Wildman–Crippen MR) is 90.6 cm³/mol. The Labute approximate surface area is 136 Å². The van der Waals surface area contributed by atoms with E-state index in [0.29, 0.717) is 16.7 Å². The summed E-state index contributed by atoms with van der Waals surface area (Å²) in [5.74, 6) is 1.20. The summed E-state index contributed by atoms with van der Waals surface area (Å²) in [5, 5.41) is 5.33. The van der Waals surface area contributed by atoms with Gasteiger partial charge in [-0.05, 0) is 36.6 Å². The molecule has 0 radical (unpaired) electrons. The zero-order valence-corrected chi connectivity index (χ0v) is 14.2. The third-order valence-electron chi connectivity index (χ3n) is 3.37. The van der Waals surface area contributed by atoms with Crippen molar-refractivity contribution in [2.75, 3.05) is 11.6 Å². The fourth-order valence-corrected chi connectivity index (χ4v) is 4.09. The van der Waals surface area contributed by atoms with Crippen LogP contribution in [0.5, 0.6) is 0 Å². The van der Waals surface area contributed by atoms with E-state index in [1.54, 1.807) is 17.6 Å². The number of hydrogen-bond donors (Lipinski definition) is 1. The molecule has 1 fully saturated rings. The molecule has 2 aromatic rings. The number of nitrogens with zero attached hydrogens (tertiary/aromatic N) is 1. The number of rotatable bonds is 6. The van der Waals surface area contributed by atoms with Gasteiger partial charge in [-0.1, -0.05) is 11.6 Å². The third kappa shape index (κ3) is 4.05. The van der Waals surface area contributed by atoms with E-state index in [1.807, 2.05) is 24.4 Å². The van der Waals surface area contributed by atoms with Crippen LogP contribution in [0.1, 0.15) is 34.2 Å². The van der Waals surface area contributed by atoms with E-state index in [1.165, 1.54) is 22.7 Å². The smallest absolute Gasteiger partial charge is 0.0959 e. The first-order valence-corrected chi connectivity index (χ1v) is 9.81. The fourth-order valence-electron chi connectivity index (χ4n) is 2.13. The zero-order chi connectivity index (χ0) is 14.8. The highest BCUT2D eigenvalue weighted by Crippen LogP contribution is 2.41. The van der Waals surface area contributed by atoms with E-state index in [2.05, 4.69) is 10.3 Å². The summed E-state index contributed by atoms with van der Waals surface area (Å²) in [5.41, 5.74) is 1.92. The average Bonchev–Trinajstić information content (AvgIpc) is 3.18. The molecular weight excluding hydrogens is 324 g/mol. The highest BCUT2D eigenvalue weighted by atomic mass is 35.5. The van der Waals surface area contributed by atoms with Crippen LogP contribution in [-0.2, 0) is 23.1 Å². The number of thiazole rings is 1. The molecule has 0 spiro atoms. The molecule has 1 atom stereocenters. The van der Waals surface area contributed by atoms with E-state index in [-0.39, 0.29) is 0 Å². The fraction of sp³-hybridized carbons (Fsp3) is 0.400. The van der Waals surface area contributed by atoms with E-state index in [9.17, 15) is 4.21 Å². The van der Waals surface area contributed by atoms with E-state index < -0.39 is 10.8 Å². The molecule has 112 valence electrons. The molecule has 1 saturated carbocycles. The van der Waals surface area contributed by atoms with Crippen molar-refractivity contribution in [2.45, 2.75) is 31.1 Å². The zero-order valence-electron chi connectivity index (χ0n) is 11.8. The lowest BCUT2D eigenvalue weighted by Crippen LogP contribution is -2.00. The monoisotopic (exact) mass is 340 g/mol. The molecule has 1 N–H and O–H groups in total. The molecule has 1 aliphatic rings. The molecule has 0 bridgehead atoms. The van der Waals surface area contributed by atoms with Gasteiger partial charge in [0.2, 0.25) is 0 Å². The molecular formula is C15H17ClN2OS2. The Morgan fingerprint density at radius 1 is 1.48 bits per heavy atom. The minimum absolute atomic E-state index is 0.487. The molecule has 0 amide bonds. The van der Waals surface area contributed by atoms with Gasteiger partial charge in [-0.2, -0.15) is 0 Å². The second kappa shape index (κ2) is 6.46. The van der Waals surface area contributed by atoms with Gasteiger partial charge >= 0.3 is 0 Å². The van der Waals surface area contributed by atoms with Gasteiger partial charge in [-0.15, -0.1) is 11.3 Å². The maximum Gasteiger partial charge on any atom is 0.0959 e. The van der Waals surface area contributed by atoms with Crippen LogP contribution in [0.25, 0.3) is 0 Å². The number of benzene rings is 1. The van der Waals surface area contributed by atoms with Crippen LogP contribution in [-0.4, -0.2) is 15.4 Å². The van der Waals surface area contributed by atoms with Crippen LogP contribution in [0.3, 0.4) is 0 Å². The Morgan fingerprint density at radius 3 is 3.00 bits per heavy atom. The highest BCUT2D eigenvalue weighted by Gasteiger charge is 2.26. The molecule has 1 heterocycles. The van der Waals surface area contributed by atoms with Crippen molar-refractivity contribution in [2.24, 2.45) is 0 Å². The van der Waals surface area contributed by atoms with Crippen LogP contribution < -0.4 is 5.32 Å². The van der Waals surface area contributed by atoms with Crippen LogP contribution in [0.4, 0.5) is 5.69 Å². The first kappa shape index (κ1) is 15.0. The maximum absolute atomic E-state index is 11.4. The van der Waals surface area contributed by atoms with Crippen LogP contribution in [0.2, 0.25) is 5.02 Å². The molecule has 1 aromatic heterocycles. The Balaban J connectivity index is 1.64. The molecule has 0 aliphatic heterocycles. The van der Waals surface area contributed by atoms with Gasteiger partial charge < -0.3 is 5.32 Å². The Hall–Kier alpha value is -0.910. The van der Waals surface area contributed by atoms with Crippen molar-refractivity contribution in [3.8, 4) is 0 Å². The molecule has 1 aromatic carbocycles. The number of halogens is 1. The van der Waals surface area contributed by atoms with Crippen molar-refractivity contribution >= 4 is 39.4 Å². The normalized spacial score (nSPS) is 15.9. The summed E-state index contributed by atoms with van der Waals surface area (Å²) in [6, 6.07) is 5.79. The lowest BCUT2D eigenvalue weighted by molar-refractivity contribution is 0.686. The lowest BCUT2D eigenvalue weighted by Gasteiger charge is -2.08. The summed E-state index contributed by atoms with van der Waals surface area (Å²) in [6.07, 6.45) is 6.22. The third-order valence-corrected chi connectivity index (χ3v) is 5.62. The standard InChI is InChI=1S/C15H17ClN2OS2/c1-21(19)9-11-6-12(4-5-14(11)16)17-7-13-8-18-15(20-13)10-2-3-10/h4-6,8,10,17H,2-3,7,9H2,1H3. The van der Waals surface area contributed by atoms with Crippen molar-refractivity contribution in [1.29, 1.82) is 0 Å². The molecule has 0 saturated heterocycles. The molecule has 3 rings (SSSR count). The number of anilines is 1. The Morgan fingerprint density at radius 2 is 2.29 bits per heavy atom. The van der Waals surface area contributed by atoms with E-state index in [0.717, 1.165) is 17.8 Å². The van der Waals surface area contributed by atoms with Gasteiger partial charge in [-0.25, -0.2) is 4.98 Å². The second-order valence-corrected chi connectivity index (χ2v) is 8.31. The lowest BCUT2D eigenvalue weighted by atomic mass is 10.2.